The smallest absolute Gasteiger partial charge is 0.105 e. The van der Waals surface area contributed by atoms with Crippen molar-refractivity contribution in [2.75, 3.05) is 27.4 Å². The SMILES string of the molecule is COCC(OC)c1ccc(/C=C/CN)cc1. The van der Waals surface area contributed by atoms with Crippen LogP contribution in [-0.4, -0.2) is 27.4 Å². The van der Waals surface area contributed by atoms with E-state index in [0.717, 1.165) is 11.1 Å². The van der Waals surface area contributed by atoms with Crippen LogP contribution in [0.3, 0.4) is 0 Å². The Labute approximate surface area is 96.9 Å². The van der Waals surface area contributed by atoms with Crippen LogP contribution < -0.4 is 5.73 Å². The monoisotopic (exact) mass is 221 g/mol. The molecule has 0 saturated heterocycles. The van der Waals surface area contributed by atoms with Crippen LogP contribution in [0.25, 0.3) is 6.08 Å². The van der Waals surface area contributed by atoms with Crippen molar-refractivity contribution in [1.29, 1.82) is 0 Å². The van der Waals surface area contributed by atoms with E-state index in [1.54, 1.807) is 14.2 Å². The lowest BCUT2D eigenvalue weighted by molar-refractivity contribution is 0.0275. The molecule has 1 aromatic rings. The summed E-state index contributed by atoms with van der Waals surface area (Å²) in [5.74, 6) is 0. The molecule has 88 valence electrons. The first-order valence-corrected chi connectivity index (χ1v) is 5.30. The summed E-state index contributed by atoms with van der Waals surface area (Å²) in [5, 5.41) is 0. The number of nitrogens with two attached hydrogens (primary N) is 1. The van der Waals surface area contributed by atoms with Gasteiger partial charge in [-0.1, -0.05) is 36.4 Å². The molecule has 0 radical (unpaired) electrons. The maximum absolute atomic E-state index is 5.39. The van der Waals surface area contributed by atoms with Crippen LogP contribution in [0.2, 0.25) is 0 Å². The van der Waals surface area contributed by atoms with Crippen molar-refractivity contribution >= 4 is 6.08 Å². The van der Waals surface area contributed by atoms with Gasteiger partial charge in [0.25, 0.3) is 0 Å². The second kappa shape index (κ2) is 7.17. The maximum atomic E-state index is 5.39. The summed E-state index contributed by atoms with van der Waals surface area (Å²) in [4.78, 5) is 0. The fraction of sp³-hybridized carbons (Fsp3) is 0.385. The van der Waals surface area contributed by atoms with Crippen molar-refractivity contribution in [2.24, 2.45) is 5.73 Å². The molecule has 0 aliphatic carbocycles. The summed E-state index contributed by atoms with van der Waals surface area (Å²) in [6.45, 7) is 1.13. The molecule has 0 aliphatic heterocycles. The third kappa shape index (κ3) is 3.77. The second-order valence-corrected chi connectivity index (χ2v) is 3.48. The third-order valence-corrected chi connectivity index (χ3v) is 2.36. The van der Waals surface area contributed by atoms with Crippen molar-refractivity contribution in [3.8, 4) is 0 Å². The largest absolute Gasteiger partial charge is 0.382 e. The summed E-state index contributed by atoms with van der Waals surface area (Å²) in [7, 11) is 3.36. The Morgan fingerprint density at radius 3 is 2.44 bits per heavy atom. The molecular weight excluding hydrogens is 202 g/mol. The van der Waals surface area contributed by atoms with Gasteiger partial charge >= 0.3 is 0 Å². The quantitative estimate of drug-likeness (QED) is 0.799. The predicted molar refractivity (Wildman–Crippen MR) is 66.2 cm³/mol. The molecule has 0 fully saturated rings. The Bertz CT molecular complexity index is 319. The fourth-order valence-corrected chi connectivity index (χ4v) is 1.48. The van der Waals surface area contributed by atoms with Gasteiger partial charge in [0.1, 0.15) is 6.10 Å². The van der Waals surface area contributed by atoms with Crippen LogP contribution in [0.4, 0.5) is 0 Å². The van der Waals surface area contributed by atoms with Gasteiger partial charge in [-0.15, -0.1) is 0 Å². The van der Waals surface area contributed by atoms with Crippen LogP contribution in [0.5, 0.6) is 0 Å². The Morgan fingerprint density at radius 2 is 1.94 bits per heavy atom. The highest BCUT2D eigenvalue weighted by Gasteiger charge is 2.08. The molecule has 1 atom stereocenters. The van der Waals surface area contributed by atoms with E-state index in [1.165, 1.54) is 0 Å². The van der Waals surface area contributed by atoms with E-state index in [4.69, 9.17) is 15.2 Å². The van der Waals surface area contributed by atoms with Crippen molar-refractivity contribution in [1.82, 2.24) is 0 Å². The molecule has 0 amide bonds. The summed E-state index contributed by atoms with van der Waals surface area (Å²) in [6, 6.07) is 8.18. The van der Waals surface area contributed by atoms with Crippen molar-refractivity contribution in [3.63, 3.8) is 0 Å². The van der Waals surface area contributed by atoms with Crippen LogP contribution in [0.1, 0.15) is 17.2 Å². The lowest BCUT2D eigenvalue weighted by Crippen LogP contribution is -2.08. The van der Waals surface area contributed by atoms with E-state index in [-0.39, 0.29) is 6.10 Å². The van der Waals surface area contributed by atoms with Crippen molar-refractivity contribution < 1.29 is 9.47 Å². The zero-order valence-corrected chi connectivity index (χ0v) is 9.85. The van der Waals surface area contributed by atoms with Gasteiger partial charge in [0.15, 0.2) is 0 Å². The average molecular weight is 221 g/mol. The molecule has 0 aromatic heterocycles. The number of ether oxygens (including phenoxy) is 2. The topological polar surface area (TPSA) is 44.5 Å². The van der Waals surface area contributed by atoms with E-state index >= 15 is 0 Å². The van der Waals surface area contributed by atoms with Crippen molar-refractivity contribution in [2.45, 2.75) is 6.10 Å². The number of rotatable bonds is 6. The minimum atomic E-state index is -0.00228. The Kier molecular flexibility index (Phi) is 5.78. The number of hydrogen-bond acceptors (Lipinski definition) is 3. The lowest BCUT2D eigenvalue weighted by atomic mass is 10.1. The Morgan fingerprint density at radius 1 is 1.25 bits per heavy atom. The molecule has 2 N–H and O–H groups in total. The highest BCUT2D eigenvalue weighted by molar-refractivity contribution is 5.49. The molecule has 1 aromatic carbocycles. The highest BCUT2D eigenvalue weighted by atomic mass is 16.5. The van der Waals surface area contributed by atoms with E-state index in [1.807, 2.05) is 36.4 Å². The van der Waals surface area contributed by atoms with E-state index in [9.17, 15) is 0 Å². The number of benzene rings is 1. The molecule has 0 spiro atoms. The summed E-state index contributed by atoms with van der Waals surface area (Å²) in [5.41, 5.74) is 7.65. The van der Waals surface area contributed by atoms with Gasteiger partial charge < -0.3 is 15.2 Å². The first-order chi connectivity index (χ1) is 7.81. The third-order valence-electron chi connectivity index (χ3n) is 2.36. The lowest BCUT2D eigenvalue weighted by Gasteiger charge is -2.14. The minimum Gasteiger partial charge on any atom is -0.382 e. The first kappa shape index (κ1) is 12.9. The minimum absolute atomic E-state index is 0.00228. The fourth-order valence-electron chi connectivity index (χ4n) is 1.48. The molecule has 0 bridgehead atoms. The Hall–Kier alpha value is -1.16. The maximum Gasteiger partial charge on any atom is 0.105 e. The van der Waals surface area contributed by atoms with Crippen LogP contribution in [-0.2, 0) is 9.47 Å². The van der Waals surface area contributed by atoms with Crippen LogP contribution in [0, 0.1) is 0 Å². The van der Waals surface area contributed by atoms with E-state index in [2.05, 4.69) is 0 Å². The number of hydrogen-bond donors (Lipinski definition) is 1. The first-order valence-electron chi connectivity index (χ1n) is 5.30. The summed E-state index contributed by atoms with van der Waals surface area (Å²) < 4.78 is 10.4. The van der Waals surface area contributed by atoms with Gasteiger partial charge in [0.2, 0.25) is 0 Å². The normalized spacial score (nSPS) is 13.2. The van der Waals surface area contributed by atoms with Gasteiger partial charge in [-0.3, -0.25) is 0 Å². The molecule has 0 saturated carbocycles. The zero-order chi connectivity index (χ0) is 11.8. The molecular formula is C13H19NO2. The Balaban J connectivity index is 2.72. The predicted octanol–water partition coefficient (Wildman–Crippen LogP) is 1.99. The van der Waals surface area contributed by atoms with Gasteiger partial charge in [-0.05, 0) is 11.1 Å². The summed E-state index contributed by atoms with van der Waals surface area (Å²) in [6.07, 6.45) is 3.93. The van der Waals surface area contributed by atoms with Crippen LogP contribution in [0.15, 0.2) is 30.3 Å². The van der Waals surface area contributed by atoms with Gasteiger partial charge in [0, 0.05) is 20.8 Å². The highest BCUT2D eigenvalue weighted by Crippen LogP contribution is 2.17. The van der Waals surface area contributed by atoms with Crippen molar-refractivity contribution in [3.05, 3.63) is 41.5 Å². The van der Waals surface area contributed by atoms with Crippen LogP contribution >= 0.6 is 0 Å². The molecule has 0 heterocycles. The molecule has 3 nitrogen and oxygen atoms in total. The molecule has 1 rings (SSSR count). The second-order valence-electron chi connectivity index (χ2n) is 3.48. The average Bonchev–Trinajstić information content (AvgIpc) is 2.34. The molecule has 1 unspecified atom stereocenters. The standard InChI is InChI=1S/C13H19NO2/c1-15-10-13(16-2)12-7-5-11(6-8-12)4-3-9-14/h3-8,13H,9-10,14H2,1-2H3/b4-3+. The molecule has 0 aliphatic rings. The molecule has 16 heavy (non-hydrogen) atoms. The van der Waals surface area contributed by atoms with E-state index in [0.29, 0.717) is 13.2 Å². The zero-order valence-electron chi connectivity index (χ0n) is 9.85. The van der Waals surface area contributed by atoms with E-state index < -0.39 is 0 Å². The van der Waals surface area contributed by atoms with Gasteiger partial charge in [-0.25, -0.2) is 0 Å². The van der Waals surface area contributed by atoms with Gasteiger partial charge in [0.05, 0.1) is 6.61 Å². The molecule has 3 heteroatoms. The number of methoxy groups -OCH3 is 2. The van der Waals surface area contributed by atoms with Gasteiger partial charge in [-0.2, -0.15) is 0 Å². The summed E-state index contributed by atoms with van der Waals surface area (Å²) >= 11 is 0.